The number of aryl methyl sites for hydroxylation is 1. The highest BCUT2D eigenvalue weighted by molar-refractivity contribution is 5.84. The molecule has 1 saturated heterocycles. The Balaban J connectivity index is 1.83. The van der Waals surface area contributed by atoms with Crippen LogP contribution in [0, 0.1) is 6.92 Å². The number of likely N-dealkylation sites (N-methyl/N-ethyl adjacent to an activating group) is 1. The minimum absolute atomic E-state index is 0.00833. The number of amides is 1. The second kappa shape index (κ2) is 12.4. The van der Waals surface area contributed by atoms with Gasteiger partial charge in [-0.2, -0.15) is 0 Å². The van der Waals surface area contributed by atoms with E-state index in [9.17, 15) is 4.79 Å². The van der Waals surface area contributed by atoms with Crippen LogP contribution in [0.2, 0.25) is 0 Å². The number of aliphatic imine (C=N–C) groups is 1. The molecule has 29 heavy (non-hydrogen) atoms. The Labute approximate surface area is 175 Å². The first-order chi connectivity index (χ1) is 14.0. The third-order valence-corrected chi connectivity index (χ3v) is 5.14. The van der Waals surface area contributed by atoms with Crippen molar-refractivity contribution < 1.29 is 9.53 Å². The first-order valence-electron chi connectivity index (χ1n) is 10.5. The van der Waals surface area contributed by atoms with E-state index in [1.165, 1.54) is 11.1 Å². The number of morpholine rings is 1. The summed E-state index contributed by atoms with van der Waals surface area (Å²) < 4.78 is 5.39. The molecule has 162 valence electrons. The molecule has 1 atom stereocenters. The number of benzene rings is 1. The monoisotopic (exact) mass is 403 g/mol. The van der Waals surface area contributed by atoms with Crippen molar-refractivity contribution >= 4 is 11.9 Å². The van der Waals surface area contributed by atoms with Crippen molar-refractivity contribution in [2.75, 3.05) is 66.6 Å². The van der Waals surface area contributed by atoms with Gasteiger partial charge in [-0.3, -0.25) is 9.69 Å². The van der Waals surface area contributed by atoms with E-state index in [-0.39, 0.29) is 12.5 Å². The first kappa shape index (κ1) is 23.2. The van der Waals surface area contributed by atoms with Crippen LogP contribution in [0.25, 0.3) is 0 Å². The van der Waals surface area contributed by atoms with Crippen LogP contribution in [0.3, 0.4) is 0 Å². The minimum Gasteiger partial charge on any atom is -0.379 e. The molecule has 1 aromatic rings. The van der Waals surface area contributed by atoms with Gasteiger partial charge in [0.25, 0.3) is 0 Å². The molecule has 7 heteroatoms. The second-order valence-corrected chi connectivity index (χ2v) is 7.88. The summed E-state index contributed by atoms with van der Waals surface area (Å²) in [4.78, 5) is 20.4. The van der Waals surface area contributed by atoms with Gasteiger partial charge in [-0.25, -0.2) is 4.99 Å². The Morgan fingerprint density at radius 3 is 2.55 bits per heavy atom. The number of nitrogens with one attached hydrogen (secondary N) is 2. The van der Waals surface area contributed by atoms with Crippen LogP contribution in [0.15, 0.2) is 29.3 Å². The van der Waals surface area contributed by atoms with Crippen molar-refractivity contribution in [3.63, 3.8) is 0 Å². The summed E-state index contributed by atoms with van der Waals surface area (Å²) >= 11 is 0. The summed E-state index contributed by atoms with van der Waals surface area (Å²) in [5, 5.41) is 6.78. The fourth-order valence-corrected chi connectivity index (χ4v) is 3.06. The molecule has 1 fully saturated rings. The summed E-state index contributed by atoms with van der Waals surface area (Å²) in [6, 6.07) is 8.62. The summed E-state index contributed by atoms with van der Waals surface area (Å²) in [7, 11) is 3.50. The molecule has 0 bridgehead atoms. The zero-order valence-electron chi connectivity index (χ0n) is 18.4. The topological polar surface area (TPSA) is 69.2 Å². The third kappa shape index (κ3) is 8.83. The zero-order valence-corrected chi connectivity index (χ0v) is 18.4. The van der Waals surface area contributed by atoms with Gasteiger partial charge in [0, 0.05) is 40.3 Å². The quantitative estimate of drug-likeness (QED) is 0.371. The van der Waals surface area contributed by atoms with Crippen molar-refractivity contribution in [1.29, 1.82) is 0 Å². The van der Waals surface area contributed by atoms with Gasteiger partial charge < -0.3 is 20.3 Å². The maximum Gasteiger partial charge on any atom is 0.243 e. The molecule has 0 saturated carbocycles. The molecule has 0 radical (unpaired) electrons. The fourth-order valence-electron chi connectivity index (χ4n) is 3.06. The van der Waals surface area contributed by atoms with Gasteiger partial charge in [-0.1, -0.05) is 36.8 Å². The number of ether oxygens (including phenoxy) is 1. The van der Waals surface area contributed by atoms with Crippen LogP contribution in [0.5, 0.6) is 0 Å². The molecule has 2 N–H and O–H groups in total. The predicted molar refractivity (Wildman–Crippen MR) is 118 cm³/mol. The number of carbonyl (C=O) groups is 1. The van der Waals surface area contributed by atoms with Crippen molar-refractivity contribution in [2.24, 2.45) is 4.99 Å². The van der Waals surface area contributed by atoms with Gasteiger partial charge in [-0.05, 0) is 31.4 Å². The molecule has 1 aliphatic rings. The Kier molecular flexibility index (Phi) is 9.94. The molecule has 2 rings (SSSR count). The number of guanidine groups is 1. The van der Waals surface area contributed by atoms with Gasteiger partial charge in [0.15, 0.2) is 5.96 Å². The molecule has 0 aromatic heterocycles. The van der Waals surface area contributed by atoms with E-state index >= 15 is 0 Å². The summed E-state index contributed by atoms with van der Waals surface area (Å²) in [5.41, 5.74) is 2.56. The number of nitrogens with zero attached hydrogens (tertiary/aromatic N) is 3. The molecule has 1 unspecified atom stereocenters. The number of hydrogen-bond donors (Lipinski definition) is 2. The Morgan fingerprint density at radius 1 is 1.21 bits per heavy atom. The average Bonchev–Trinajstić information content (AvgIpc) is 2.73. The van der Waals surface area contributed by atoms with Crippen molar-refractivity contribution in [1.82, 2.24) is 20.4 Å². The van der Waals surface area contributed by atoms with Crippen LogP contribution in [-0.2, 0) is 9.53 Å². The lowest BCUT2D eigenvalue weighted by molar-refractivity contribution is -0.127. The van der Waals surface area contributed by atoms with E-state index in [1.807, 2.05) is 0 Å². The van der Waals surface area contributed by atoms with Crippen LogP contribution < -0.4 is 10.6 Å². The largest absolute Gasteiger partial charge is 0.379 e. The van der Waals surface area contributed by atoms with E-state index in [2.05, 4.69) is 58.6 Å². The molecule has 0 aliphatic carbocycles. The smallest absolute Gasteiger partial charge is 0.243 e. The Morgan fingerprint density at radius 2 is 1.90 bits per heavy atom. The molecule has 7 nitrogen and oxygen atoms in total. The molecule has 0 spiro atoms. The molecule has 1 heterocycles. The lowest BCUT2D eigenvalue weighted by atomic mass is 10.0. The highest BCUT2D eigenvalue weighted by atomic mass is 16.5. The molecule has 1 aromatic carbocycles. The van der Waals surface area contributed by atoms with E-state index in [0.29, 0.717) is 11.9 Å². The zero-order chi connectivity index (χ0) is 21.1. The average molecular weight is 404 g/mol. The van der Waals surface area contributed by atoms with Gasteiger partial charge in [0.2, 0.25) is 5.91 Å². The van der Waals surface area contributed by atoms with Gasteiger partial charge in [-0.15, -0.1) is 0 Å². The SMILES string of the molecule is Cc1ccc(C(C)CNC(=NCC(=O)N(C)C)NCCCN2CCOCC2)cc1. The van der Waals surface area contributed by atoms with Crippen LogP contribution >= 0.6 is 0 Å². The van der Waals surface area contributed by atoms with Crippen molar-refractivity contribution in [3.05, 3.63) is 35.4 Å². The highest BCUT2D eigenvalue weighted by Gasteiger charge is 2.11. The van der Waals surface area contributed by atoms with E-state index < -0.39 is 0 Å². The first-order valence-corrected chi connectivity index (χ1v) is 10.5. The number of carbonyl (C=O) groups excluding carboxylic acids is 1. The number of hydrogen-bond acceptors (Lipinski definition) is 4. The third-order valence-electron chi connectivity index (χ3n) is 5.14. The van der Waals surface area contributed by atoms with Gasteiger partial charge >= 0.3 is 0 Å². The molecule has 1 aliphatic heterocycles. The normalized spacial score (nSPS) is 16.3. The second-order valence-electron chi connectivity index (χ2n) is 7.88. The maximum absolute atomic E-state index is 11.9. The molecular weight excluding hydrogens is 366 g/mol. The number of rotatable bonds is 9. The Bertz CT molecular complexity index is 639. The summed E-state index contributed by atoms with van der Waals surface area (Å²) in [6.07, 6.45) is 1.02. The standard InChI is InChI=1S/C22H37N5O2/c1-18-6-8-20(9-7-18)19(2)16-24-22(25-17-21(28)26(3)4)23-10-5-11-27-12-14-29-15-13-27/h6-9,19H,5,10-17H2,1-4H3,(H2,23,24,25). The van der Waals surface area contributed by atoms with Crippen LogP contribution in [0.1, 0.15) is 30.4 Å². The van der Waals surface area contributed by atoms with Crippen molar-refractivity contribution in [2.45, 2.75) is 26.2 Å². The van der Waals surface area contributed by atoms with Crippen molar-refractivity contribution in [3.8, 4) is 0 Å². The lowest BCUT2D eigenvalue weighted by Crippen LogP contribution is -2.42. The molecular formula is C22H37N5O2. The molecule has 1 amide bonds. The maximum atomic E-state index is 11.9. The Hall–Kier alpha value is -2.12. The fraction of sp³-hybridized carbons (Fsp3) is 0.636. The highest BCUT2D eigenvalue weighted by Crippen LogP contribution is 2.14. The minimum atomic E-state index is -0.00833. The van der Waals surface area contributed by atoms with Crippen LogP contribution in [-0.4, -0.2) is 88.2 Å². The van der Waals surface area contributed by atoms with E-state index in [1.54, 1.807) is 19.0 Å². The predicted octanol–water partition coefficient (Wildman–Crippen LogP) is 1.44. The summed E-state index contributed by atoms with van der Waals surface area (Å²) in [6.45, 7) is 10.7. The van der Waals surface area contributed by atoms with Crippen LogP contribution in [0.4, 0.5) is 0 Å². The van der Waals surface area contributed by atoms with E-state index in [4.69, 9.17) is 4.74 Å². The lowest BCUT2D eigenvalue weighted by Gasteiger charge is -2.26. The van der Waals surface area contributed by atoms with E-state index in [0.717, 1.165) is 52.4 Å². The van der Waals surface area contributed by atoms with Gasteiger partial charge in [0.1, 0.15) is 6.54 Å². The summed E-state index contributed by atoms with van der Waals surface area (Å²) in [5.74, 6) is 1.03. The van der Waals surface area contributed by atoms with Gasteiger partial charge in [0.05, 0.1) is 13.2 Å².